The van der Waals surface area contributed by atoms with Crippen LogP contribution in [0.15, 0.2) is 0 Å². The highest BCUT2D eigenvalue weighted by Gasteiger charge is 2.40. The Balaban J connectivity index is 1.83. The maximum atomic E-state index is 3.88. The van der Waals surface area contributed by atoms with Crippen molar-refractivity contribution >= 4 is 11.8 Å². The molecule has 0 aromatic carbocycles. The molecule has 1 atom stereocenters. The van der Waals surface area contributed by atoms with Gasteiger partial charge in [0.05, 0.1) is 0 Å². The molecule has 1 aliphatic heterocycles. The highest BCUT2D eigenvalue weighted by Crippen LogP contribution is 2.33. The van der Waals surface area contributed by atoms with Crippen molar-refractivity contribution in [3.8, 4) is 0 Å². The van der Waals surface area contributed by atoms with Crippen LogP contribution in [0.3, 0.4) is 0 Å². The summed E-state index contributed by atoms with van der Waals surface area (Å²) in [6.45, 7) is 8.44. The Hall–Kier alpha value is 0.270. The Morgan fingerprint density at radius 2 is 2.06 bits per heavy atom. The molecule has 1 saturated carbocycles. The molecule has 1 aliphatic carbocycles. The van der Waals surface area contributed by atoms with Crippen molar-refractivity contribution in [2.24, 2.45) is 0 Å². The Bertz CT molecular complexity index is 239. The van der Waals surface area contributed by atoms with Crippen LogP contribution in [0.2, 0.25) is 0 Å². The number of nitrogens with one attached hydrogen (secondary N) is 1. The second kappa shape index (κ2) is 7.16. The van der Waals surface area contributed by atoms with Crippen LogP contribution in [0.1, 0.15) is 52.4 Å². The lowest BCUT2D eigenvalue weighted by Crippen LogP contribution is -2.63. The fraction of sp³-hybridized carbons (Fsp3) is 1.00. The molecular formula is C15H30N2S. The van der Waals surface area contributed by atoms with E-state index in [0.29, 0.717) is 5.54 Å². The van der Waals surface area contributed by atoms with E-state index in [4.69, 9.17) is 0 Å². The van der Waals surface area contributed by atoms with Crippen molar-refractivity contribution in [1.29, 1.82) is 0 Å². The Morgan fingerprint density at radius 1 is 1.28 bits per heavy atom. The molecule has 106 valence electrons. The molecule has 0 aromatic rings. The van der Waals surface area contributed by atoms with E-state index in [2.05, 4.69) is 35.8 Å². The van der Waals surface area contributed by atoms with Crippen LogP contribution in [0.5, 0.6) is 0 Å². The van der Waals surface area contributed by atoms with Gasteiger partial charge in [-0.15, -0.1) is 0 Å². The number of piperazine rings is 1. The normalized spacial score (nSPS) is 28.0. The zero-order chi connectivity index (χ0) is 12.8. The largest absolute Gasteiger partial charge is 0.308 e. The average molecular weight is 270 g/mol. The molecule has 2 rings (SSSR count). The first-order chi connectivity index (χ1) is 8.79. The standard InChI is InChI=1S/C15H30N2S/c1-3-14-12-16-15(8-5-6-9-15)13-17(14)10-7-11-18-4-2/h14,16H,3-13H2,1-2H3. The van der Waals surface area contributed by atoms with Crippen molar-refractivity contribution < 1.29 is 0 Å². The van der Waals surface area contributed by atoms with Gasteiger partial charge in [-0.2, -0.15) is 11.8 Å². The minimum absolute atomic E-state index is 0.490. The van der Waals surface area contributed by atoms with Crippen molar-refractivity contribution in [3.05, 3.63) is 0 Å². The Labute approximate surface area is 117 Å². The van der Waals surface area contributed by atoms with E-state index < -0.39 is 0 Å². The van der Waals surface area contributed by atoms with E-state index in [1.165, 1.54) is 69.7 Å². The molecule has 0 radical (unpaired) electrons. The van der Waals surface area contributed by atoms with Crippen molar-refractivity contribution in [3.63, 3.8) is 0 Å². The summed E-state index contributed by atoms with van der Waals surface area (Å²) in [5.74, 6) is 2.60. The second-order valence-electron chi connectivity index (χ2n) is 5.95. The van der Waals surface area contributed by atoms with E-state index in [-0.39, 0.29) is 0 Å². The van der Waals surface area contributed by atoms with Gasteiger partial charge in [-0.05, 0) is 43.7 Å². The van der Waals surface area contributed by atoms with Crippen LogP contribution >= 0.6 is 11.8 Å². The molecule has 18 heavy (non-hydrogen) atoms. The van der Waals surface area contributed by atoms with Gasteiger partial charge in [-0.1, -0.05) is 26.7 Å². The summed E-state index contributed by atoms with van der Waals surface area (Å²) in [6.07, 6.45) is 8.34. The molecule has 0 aromatic heterocycles. The first kappa shape index (κ1) is 14.7. The lowest BCUT2D eigenvalue weighted by Gasteiger charge is -2.46. The Kier molecular flexibility index (Phi) is 5.84. The molecule has 2 nitrogen and oxygen atoms in total. The molecular weight excluding hydrogens is 240 g/mol. The van der Waals surface area contributed by atoms with Gasteiger partial charge in [0, 0.05) is 24.7 Å². The van der Waals surface area contributed by atoms with Gasteiger partial charge in [-0.25, -0.2) is 0 Å². The predicted molar refractivity (Wildman–Crippen MR) is 82.5 cm³/mol. The summed E-state index contributed by atoms with van der Waals surface area (Å²) >= 11 is 2.09. The van der Waals surface area contributed by atoms with Crippen LogP contribution in [0.4, 0.5) is 0 Å². The quantitative estimate of drug-likeness (QED) is 0.747. The minimum atomic E-state index is 0.490. The summed E-state index contributed by atoms with van der Waals surface area (Å²) in [6, 6.07) is 0.780. The van der Waals surface area contributed by atoms with E-state index >= 15 is 0 Å². The summed E-state index contributed by atoms with van der Waals surface area (Å²) < 4.78 is 0. The van der Waals surface area contributed by atoms with Crippen molar-refractivity contribution in [2.45, 2.75) is 64.0 Å². The van der Waals surface area contributed by atoms with E-state index in [1.807, 2.05) is 0 Å². The Morgan fingerprint density at radius 3 is 2.72 bits per heavy atom. The molecule has 1 heterocycles. The maximum Gasteiger partial charge on any atom is 0.0309 e. The molecule has 1 saturated heterocycles. The molecule has 2 fully saturated rings. The fourth-order valence-corrected chi connectivity index (χ4v) is 4.22. The SMILES string of the molecule is CCSCCCN1CC2(CCCC2)NCC1CC. The van der Waals surface area contributed by atoms with E-state index in [0.717, 1.165) is 6.04 Å². The van der Waals surface area contributed by atoms with Crippen LogP contribution in [0.25, 0.3) is 0 Å². The monoisotopic (exact) mass is 270 g/mol. The highest BCUT2D eigenvalue weighted by atomic mass is 32.2. The first-order valence-electron chi connectivity index (χ1n) is 7.86. The molecule has 2 aliphatic rings. The van der Waals surface area contributed by atoms with Gasteiger partial charge in [0.25, 0.3) is 0 Å². The van der Waals surface area contributed by atoms with Crippen LogP contribution < -0.4 is 5.32 Å². The smallest absolute Gasteiger partial charge is 0.0309 e. The average Bonchev–Trinajstić information content (AvgIpc) is 2.83. The summed E-state index contributed by atoms with van der Waals surface area (Å²) in [7, 11) is 0. The topological polar surface area (TPSA) is 15.3 Å². The van der Waals surface area contributed by atoms with Gasteiger partial charge < -0.3 is 5.32 Å². The van der Waals surface area contributed by atoms with Gasteiger partial charge in [0.2, 0.25) is 0 Å². The van der Waals surface area contributed by atoms with Gasteiger partial charge in [-0.3, -0.25) is 4.90 Å². The van der Waals surface area contributed by atoms with Crippen molar-refractivity contribution in [2.75, 3.05) is 31.1 Å². The molecule has 1 N–H and O–H groups in total. The molecule has 0 amide bonds. The number of hydrogen-bond acceptors (Lipinski definition) is 3. The number of nitrogens with zero attached hydrogens (tertiary/aromatic N) is 1. The summed E-state index contributed by atoms with van der Waals surface area (Å²) in [4.78, 5) is 2.79. The third kappa shape index (κ3) is 3.64. The van der Waals surface area contributed by atoms with Gasteiger partial charge >= 0.3 is 0 Å². The van der Waals surface area contributed by atoms with Gasteiger partial charge in [0.1, 0.15) is 0 Å². The first-order valence-corrected chi connectivity index (χ1v) is 9.02. The van der Waals surface area contributed by atoms with Crippen LogP contribution in [0, 0.1) is 0 Å². The lowest BCUT2D eigenvalue weighted by molar-refractivity contribution is 0.0787. The number of rotatable bonds is 6. The predicted octanol–water partition coefficient (Wildman–Crippen LogP) is 3.13. The summed E-state index contributed by atoms with van der Waals surface area (Å²) in [5.41, 5.74) is 0.490. The number of hydrogen-bond donors (Lipinski definition) is 1. The molecule has 1 unspecified atom stereocenters. The fourth-order valence-electron chi connectivity index (χ4n) is 3.60. The zero-order valence-corrected chi connectivity index (χ0v) is 13.0. The maximum absolute atomic E-state index is 3.88. The van der Waals surface area contributed by atoms with E-state index in [1.54, 1.807) is 0 Å². The van der Waals surface area contributed by atoms with Crippen LogP contribution in [-0.2, 0) is 0 Å². The lowest BCUT2D eigenvalue weighted by atomic mass is 9.91. The van der Waals surface area contributed by atoms with Gasteiger partial charge in [0.15, 0.2) is 0 Å². The summed E-state index contributed by atoms with van der Waals surface area (Å²) in [5, 5.41) is 3.88. The molecule has 3 heteroatoms. The van der Waals surface area contributed by atoms with E-state index in [9.17, 15) is 0 Å². The highest BCUT2D eigenvalue weighted by molar-refractivity contribution is 7.99. The second-order valence-corrected chi connectivity index (χ2v) is 7.35. The van der Waals surface area contributed by atoms with Crippen LogP contribution in [-0.4, -0.2) is 47.6 Å². The van der Waals surface area contributed by atoms with Crippen molar-refractivity contribution in [1.82, 2.24) is 10.2 Å². The third-order valence-corrected chi connectivity index (χ3v) is 5.69. The third-order valence-electron chi connectivity index (χ3n) is 4.70. The zero-order valence-electron chi connectivity index (χ0n) is 12.2. The number of thioether (sulfide) groups is 1. The molecule has 0 bridgehead atoms. The molecule has 1 spiro atoms. The minimum Gasteiger partial charge on any atom is -0.308 e.